The van der Waals surface area contributed by atoms with Crippen LogP contribution < -0.4 is 15.0 Å². The van der Waals surface area contributed by atoms with Crippen molar-refractivity contribution in [3.63, 3.8) is 0 Å². The first-order valence-electron chi connectivity index (χ1n) is 15.1. The lowest BCUT2D eigenvalue weighted by Gasteiger charge is -2.39. The van der Waals surface area contributed by atoms with Crippen molar-refractivity contribution in [2.45, 2.75) is 49.4 Å². The molecule has 2 aromatic heterocycles. The van der Waals surface area contributed by atoms with Gasteiger partial charge in [-0.3, -0.25) is 9.88 Å². The molecule has 8 rings (SSSR count). The van der Waals surface area contributed by atoms with E-state index < -0.39 is 23.3 Å². The average molecular weight is 601 g/mol. The Labute approximate surface area is 252 Å². The number of terminal acetylenes is 1. The first-order valence-corrected chi connectivity index (χ1v) is 15.1. The molecule has 4 fully saturated rings. The van der Waals surface area contributed by atoms with E-state index in [-0.39, 0.29) is 51.6 Å². The second-order valence-corrected chi connectivity index (χ2v) is 12.7. The molecule has 8 nitrogen and oxygen atoms in total. The molecular formula is C33H31F3N6O2. The van der Waals surface area contributed by atoms with Crippen LogP contribution in [0.4, 0.5) is 19.0 Å². The van der Waals surface area contributed by atoms with E-state index in [4.69, 9.17) is 16.1 Å². The molecule has 6 heterocycles. The SMILES string of the molecule is C#Cc1c(F)ccc2cc(O)cc(-c3ncc4c(N5CCC6(CCN6)C5)nc(OC[C@@]56CCCN5C[C@H](F)C6)nc4c3F)c12. The Hall–Kier alpha value is -4.14. The van der Waals surface area contributed by atoms with E-state index in [2.05, 4.69) is 31.0 Å². The Kier molecular flexibility index (Phi) is 6.19. The number of nitrogens with one attached hydrogen (secondary N) is 1. The molecule has 226 valence electrons. The Morgan fingerprint density at radius 2 is 2.02 bits per heavy atom. The number of phenols is 1. The van der Waals surface area contributed by atoms with Gasteiger partial charge >= 0.3 is 6.01 Å². The summed E-state index contributed by atoms with van der Waals surface area (Å²) in [6.45, 7) is 3.77. The second-order valence-electron chi connectivity index (χ2n) is 12.7. The normalized spacial score (nSPS) is 26.4. The number of fused-ring (bicyclic) bond motifs is 3. The van der Waals surface area contributed by atoms with Gasteiger partial charge in [0.25, 0.3) is 0 Å². The maximum absolute atomic E-state index is 16.7. The van der Waals surface area contributed by atoms with Crippen LogP contribution in [-0.4, -0.2) is 81.5 Å². The number of anilines is 1. The van der Waals surface area contributed by atoms with Crippen LogP contribution in [0.5, 0.6) is 11.8 Å². The highest BCUT2D eigenvalue weighted by Crippen LogP contribution is 2.42. The van der Waals surface area contributed by atoms with Gasteiger partial charge in [0.1, 0.15) is 41.4 Å². The van der Waals surface area contributed by atoms with Crippen molar-refractivity contribution in [1.29, 1.82) is 0 Å². The summed E-state index contributed by atoms with van der Waals surface area (Å²) in [5.41, 5.74) is -0.472. The van der Waals surface area contributed by atoms with E-state index in [0.29, 0.717) is 42.6 Å². The molecule has 3 atom stereocenters. The maximum atomic E-state index is 16.7. The van der Waals surface area contributed by atoms with Crippen LogP contribution >= 0.6 is 0 Å². The summed E-state index contributed by atoms with van der Waals surface area (Å²) in [6, 6.07) is 5.47. The first-order chi connectivity index (χ1) is 21.3. The van der Waals surface area contributed by atoms with E-state index in [0.717, 1.165) is 38.8 Å². The predicted molar refractivity (Wildman–Crippen MR) is 161 cm³/mol. The number of nitrogens with zero attached hydrogens (tertiary/aromatic N) is 5. The van der Waals surface area contributed by atoms with Crippen LogP contribution in [0.3, 0.4) is 0 Å². The quantitative estimate of drug-likeness (QED) is 0.319. The first kappa shape index (κ1) is 27.4. The summed E-state index contributed by atoms with van der Waals surface area (Å²) in [6.07, 6.45) is 10.4. The molecule has 0 saturated carbocycles. The van der Waals surface area contributed by atoms with Gasteiger partial charge < -0.3 is 20.1 Å². The zero-order valence-corrected chi connectivity index (χ0v) is 24.0. The lowest BCUT2D eigenvalue weighted by Crippen LogP contribution is -2.58. The van der Waals surface area contributed by atoms with Crippen molar-refractivity contribution in [2.24, 2.45) is 0 Å². The number of phenolic OH excluding ortho intramolecular Hbond substituents is 1. The molecule has 0 bridgehead atoms. The molecule has 0 aliphatic carbocycles. The third-order valence-corrected chi connectivity index (χ3v) is 10.1. The molecule has 4 aliphatic rings. The molecule has 0 amide bonds. The van der Waals surface area contributed by atoms with Crippen molar-refractivity contribution in [3.05, 3.63) is 47.7 Å². The van der Waals surface area contributed by atoms with Gasteiger partial charge in [0.2, 0.25) is 0 Å². The summed E-state index contributed by atoms with van der Waals surface area (Å²) in [4.78, 5) is 18.0. The fourth-order valence-electron chi connectivity index (χ4n) is 7.80. The highest BCUT2D eigenvalue weighted by atomic mass is 19.1. The minimum absolute atomic E-state index is 0.00365. The lowest BCUT2D eigenvalue weighted by molar-refractivity contribution is 0.107. The number of pyridine rings is 1. The Morgan fingerprint density at radius 3 is 2.80 bits per heavy atom. The highest BCUT2D eigenvalue weighted by molar-refractivity contribution is 6.03. The number of halogens is 3. The minimum atomic E-state index is -0.913. The van der Waals surface area contributed by atoms with Crippen molar-refractivity contribution in [3.8, 4) is 35.4 Å². The van der Waals surface area contributed by atoms with Gasteiger partial charge in [-0.1, -0.05) is 12.0 Å². The molecular weight excluding hydrogens is 569 g/mol. The van der Waals surface area contributed by atoms with E-state index in [1.54, 1.807) is 0 Å². The van der Waals surface area contributed by atoms with Gasteiger partial charge in [-0.15, -0.1) is 6.42 Å². The monoisotopic (exact) mass is 600 g/mol. The summed E-state index contributed by atoms with van der Waals surface area (Å²) < 4.78 is 52.1. The van der Waals surface area contributed by atoms with Gasteiger partial charge in [-0.25, -0.2) is 13.2 Å². The largest absolute Gasteiger partial charge is 0.508 e. The lowest BCUT2D eigenvalue weighted by atomic mass is 9.87. The molecule has 4 aliphatic heterocycles. The van der Waals surface area contributed by atoms with Crippen LogP contribution in [-0.2, 0) is 0 Å². The zero-order chi connectivity index (χ0) is 30.2. The number of rotatable bonds is 5. The topological polar surface area (TPSA) is 86.6 Å². The Balaban J connectivity index is 1.27. The molecule has 1 unspecified atom stereocenters. The predicted octanol–water partition coefficient (Wildman–Crippen LogP) is 4.71. The molecule has 2 N–H and O–H groups in total. The average Bonchev–Trinajstić information content (AvgIpc) is 3.69. The van der Waals surface area contributed by atoms with Gasteiger partial charge in [0.05, 0.1) is 16.5 Å². The van der Waals surface area contributed by atoms with Crippen LogP contribution in [0, 0.1) is 24.0 Å². The van der Waals surface area contributed by atoms with Crippen molar-refractivity contribution in [1.82, 2.24) is 25.2 Å². The molecule has 44 heavy (non-hydrogen) atoms. The van der Waals surface area contributed by atoms with E-state index in [9.17, 15) is 13.9 Å². The summed E-state index contributed by atoms with van der Waals surface area (Å²) in [5.74, 6) is 1.33. The van der Waals surface area contributed by atoms with Crippen LogP contribution in [0.1, 0.15) is 37.7 Å². The minimum Gasteiger partial charge on any atom is -0.508 e. The van der Waals surface area contributed by atoms with Gasteiger partial charge in [0, 0.05) is 48.7 Å². The van der Waals surface area contributed by atoms with Crippen LogP contribution in [0.15, 0.2) is 30.5 Å². The number of aromatic nitrogens is 3. The molecule has 11 heteroatoms. The molecule has 2 aromatic carbocycles. The molecule has 0 radical (unpaired) electrons. The summed E-state index contributed by atoms with van der Waals surface area (Å²) >= 11 is 0. The Morgan fingerprint density at radius 1 is 1.16 bits per heavy atom. The third-order valence-electron chi connectivity index (χ3n) is 10.1. The summed E-state index contributed by atoms with van der Waals surface area (Å²) in [7, 11) is 0. The van der Waals surface area contributed by atoms with Crippen molar-refractivity contribution < 1.29 is 23.0 Å². The van der Waals surface area contributed by atoms with Crippen LogP contribution in [0.25, 0.3) is 32.9 Å². The zero-order valence-electron chi connectivity index (χ0n) is 24.0. The fourth-order valence-corrected chi connectivity index (χ4v) is 7.80. The van der Waals surface area contributed by atoms with E-state index in [1.807, 2.05) is 0 Å². The van der Waals surface area contributed by atoms with Gasteiger partial charge in [-0.2, -0.15) is 9.97 Å². The van der Waals surface area contributed by atoms with Gasteiger partial charge in [-0.05, 0) is 62.4 Å². The number of alkyl halides is 1. The number of hydrogen-bond acceptors (Lipinski definition) is 8. The highest BCUT2D eigenvalue weighted by Gasteiger charge is 2.49. The standard InChI is InChI=1S/C33H31F3N6O2/c1-2-22-25(35)5-4-19-12-21(43)13-23(26(19)22)28-27(36)29-24(15-37-28)30(41-11-8-32(17-41)7-9-38-32)40-31(39-29)44-18-33-6-3-10-42(33)16-20(34)14-33/h1,4-5,12-13,15,20,38,43H,3,6-11,14,16-18H2/t20-,32?,33+/m1/s1. The number of hydrogen-bond donors (Lipinski definition) is 2. The third kappa shape index (κ3) is 4.19. The molecule has 4 saturated heterocycles. The van der Waals surface area contributed by atoms with Gasteiger partial charge in [0.15, 0.2) is 5.82 Å². The molecule has 4 aromatic rings. The van der Waals surface area contributed by atoms with Crippen molar-refractivity contribution >= 4 is 27.5 Å². The Bertz CT molecular complexity index is 1870. The number of aromatic hydroxyl groups is 1. The van der Waals surface area contributed by atoms with E-state index >= 15 is 4.39 Å². The van der Waals surface area contributed by atoms with Crippen LogP contribution in [0.2, 0.25) is 0 Å². The number of ether oxygens (including phenoxy) is 1. The summed E-state index contributed by atoms with van der Waals surface area (Å²) in [5, 5.41) is 15.2. The number of benzene rings is 2. The second kappa shape index (κ2) is 9.94. The molecule has 1 spiro atoms. The van der Waals surface area contributed by atoms with E-state index in [1.165, 1.54) is 30.5 Å². The van der Waals surface area contributed by atoms with Crippen molar-refractivity contribution in [2.75, 3.05) is 44.2 Å². The fraction of sp³-hybridized carbons (Fsp3) is 0.424. The maximum Gasteiger partial charge on any atom is 0.319 e. The smallest absolute Gasteiger partial charge is 0.319 e.